The number of ether oxygens (including phenoxy) is 1. The van der Waals surface area contributed by atoms with Crippen LogP contribution in [0, 0.1) is 0 Å². The highest BCUT2D eigenvalue weighted by atomic mass is 16.5. The van der Waals surface area contributed by atoms with Gasteiger partial charge in [0, 0.05) is 11.3 Å². The minimum Gasteiger partial charge on any atom is -0.496 e. The van der Waals surface area contributed by atoms with Crippen LogP contribution < -0.4 is 10.1 Å². The van der Waals surface area contributed by atoms with Crippen LogP contribution in [0.25, 0.3) is 0 Å². The van der Waals surface area contributed by atoms with Crippen molar-refractivity contribution in [2.45, 2.75) is 18.9 Å². The highest BCUT2D eigenvalue weighted by Gasteiger charge is 2.24. The maximum atomic E-state index is 10.8. The molecule has 0 spiro atoms. The molecule has 1 heterocycles. The van der Waals surface area contributed by atoms with Crippen molar-refractivity contribution in [1.82, 2.24) is 0 Å². The van der Waals surface area contributed by atoms with E-state index in [0.717, 1.165) is 23.4 Å². The van der Waals surface area contributed by atoms with Crippen LogP contribution in [0.2, 0.25) is 0 Å². The Bertz CT molecular complexity index is 389. The van der Waals surface area contributed by atoms with E-state index in [1.54, 1.807) is 7.11 Å². The molecule has 0 amide bonds. The molecule has 80 valence electrons. The van der Waals surface area contributed by atoms with E-state index in [2.05, 4.69) is 5.32 Å². The third-order valence-electron chi connectivity index (χ3n) is 2.66. The molecule has 2 rings (SSSR count). The number of aliphatic carboxylic acids is 1. The van der Waals surface area contributed by atoms with Crippen LogP contribution in [0.3, 0.4) is 0 Å². The number of hydrogen-bond acceptors (Lipinski definition) is 3. The van der Waals surface area contributed by atoms with E-state index >= 15 is 0 Å². The molecular weight excluding hydrogens is 194 g/mol. The van der Waals surface area contributed by atoms with Crippen LogP contribution >= 0.6 is 0 Å². The second kappa shape index (κ2) is 3.81. The maximum Gasteiger partial charge on any atom is 0.326 e. The number of hydrogen-bond donors (Lipinski definition) is 2. The number of methoxy groups -OCH3 is 1. The van der Waals surface area contributed by atoms with E-state index in [-0.39, 0.29) is 0 Å². The van der Waals surface area contributed by atoms with Gasteiger partial charge in [-0.3, -0.25) is 0 Å². The number of anilines is 1. The van der Waals surface area contributed by atoms with Crippen molar-refractivity contribution in [2.24, 2.45) is 0 Å². The molecule has 1 aliphatic heterocycles. The summed E-state index contributed by atoms with van der Waals surface area (Å²) in [5.41, 5.74) is 1.94. The van der Waals surface area contributed by atoms with Crippen molar-refractivity contribution in [3.63, 3.8) is 0 Å². The Kier molecular flexibility index (Phi) is 2.49. The van der Waals surface area contributed by atoms with E-state index in [9.17, 15) is 4.79 Å². The average molecular weight is 207 g/mol. The van der Waals surface area contributed by atoms with Gasteiger partial charge in [-0.25, -0.2) is 4.79 Å². The first kappa shape index (κ1) is 9.83. The predicted octanol–water partition coefficient (Wildman–Crippen LogP) is 1.51. The summed E-state index contributed by atoms with van der Waals surface area (Å²) in [6.45, 7) is 0. The minimum absolute atomic E-state index is 0.482. The number of benzene rings is 1. The Morgan fingerprint density at radius 3 is 3.07 bits per heavy atom. The normalized spacial score (nSPS) is 18.9. The molecule has 1 unspecified atom stereocenters. The van der Waals surface area contributed by atoms with Crippen LogP contribution in [0.15, 0.2) is 18.2 Å². The van der Waals surface area contributed by atoms with E-state index in [1.165, 1.54) is 0 Å². The molecule has 0 radical (unpaired) electrons. The first-order valence-corrected chi connectivity index (χ1v) is 4.87. The molecule has 0 bridgehead atoms. The topological polar surface area (TPSA) is 58.6 Å². The van der Waals surface area contributed by atoms with Crippen LogP contribution in [0.5, 0.6) is 5.75 Å². The molecule has 1 atom stereocenters. The number of carboxylic acid groups (broad SMARTS) is 1. The van der Waals surface area contributed by atoms with Gasteiger partial charge in [0.2, 0.25) is 0 Å². The van der Waals surface area contributed by atoms with E-state index in [4.69, 9.17) is 9.84 Å². The van der Waals surface area contributed by atoms with Gasteiger partial charge in [-0.2, -0.15) is 0 Å². The number of nitrogens with one attached hydrogen (secondary N) is 1. The van der Waals surface area contributed by atoms with Gasteiger partial charge >= 0.3 is 5.97 Å². The van der Waals surface area contributed by atoms with Gasteiger partial charge in [0.15, 0.2) is 0 Å². The van der Waals surface area contributed by atoms with Crippen molar-refractivity contribution in [2.75, 3.05) is 12.4 Å². The maximum absolute atomic E-state index is 10.8. The third kappa shape index (κ3) is 1.75. The van der Waals surface area contributed by atoms with E-state index in [0.29, 0.717) is 6.42 Å². The minimum atomic E-state index is -0.802. The van der Waals surface area contributed by atoms with Crippen LogP contribution in [0.4, 0.5) is 5.69 Å². The smallest absolute Gasteiger partial charge is 0.326 e. The van der Waals surface area contributed by atoms with Gasteiger partial charge in [0.1, 0.15) is 11.8 Å². The summed E-state index contributed by atoms with van der Waals surface area (Å²) >= 11 is 0. The van der Waals surface area contributed by atoms with Gasteiger partial charge in [0.05, 0.1) is 7.11 Å². The highest BCUT2D eigenvalue weighted by molar-refractivity contribution is 5.79. The molecule has 1 aromatic rings. The summed E-state index contributed by atoms with van der Waals surface area (Å²) in [4.78, 5) is 10.8. The summed E-state index contributed by atoms with van der Waals surface area (Å²) in [6.07, 6.45) is 1.34. The second-order valence-corrected chi connectivity index (χ2v) is 3.56. The molecule has 0 aromatic heterocycles. The van der Waals surface area contributed by atoms with Gasteiger partial charge in [0.25, 0.3) is 0 Å². The highest BCUT2D eigenvalue weighted by Crippen LogP contribution is 2.32. The lowest BCUT2D eigenvalue weighted by Gasteiger charge is -2.25. The van der Waals surface area contributed by atoms with E-state index < -0.39 is 12.0 Å². The van der Waals surface area contributed by atoms with Gasteiger partial charge in [-0.05, 0) is 25.0 Å². The van der Waals surface area contributed by atoms with Crippen molar-refractivity contribution in [3.05, 3.63) is 23.8 Å². The Balaban J connectivity index is 2.31. The van der Waals surface area contributed by atoms with Crippen molar-refractivity contribution in [1.29, 1.82) is 0 Å². The average Bonchev–Trinajstić information content (AvgIpc) is 2.27. The van der Waals surface area contributed by atoms with Crippen LogP contribution in [-0.4, -0.2) is 24.2 Å². The number of rotatable bonds is 2. The molecule has 1 aromatic carbocycles. The molecule has 2 N–H and O–H groups in total. The molecule has 0 fully saturated rings. The van der Waals surface area contributed by atoms with Crippen LogP contribution in [0.1, 0.15) is 12.0 Å². The second-order valence-electron chi connectivity index (χ2n) is 3.56. The lowest BCUT2D eigenvalue weighted by molar-refractivity contribution is -0.138. The Labute approximate surface area is 87.9 Å². The summed E-state index contributed by atoms with van der Waals surface area (Å²) in [7, 11) is 1.62. The van der Waals surface area contributed by atoms with Gasteiger partial charge in [-0.15, -0.1) is 0 Å². The van der Waals surface area contributed by atoms with Crippen molar-refractivity contribution in [3.8, 4) is 5.75 Å². The third-order valence-corrected chi connectivity index (χ3v) is 2.66. The Morgan fingerprint density at radius 1 is 1.60 bits per heavy atom. The largest absolute Gasteiger partial charge is 0.496 e. The quantitative estimate of drug-likeness (QED) is 0.771. The number of carboxylic acids is 1. The zero-order valence-electron chi connectivity index (χ0n) is 8.49. The fraction of sp³-hybridized carbons (Fsp3) is 0.364. The number of carbonyl (C=O) groups is 1. The zero-order chi connectivity index (χ0) is 10.8. The molecule has 0 saturated heterocycles. The standard InChI is InChI=1S/C11H13NO3/c1-15-10-4-2-3-8-7(10)5-6-9(12-8)11(13)14/h2-4,9,12H,5-6H2,1H3,(H,13,14). The molecule has 4 heteroatoms. The molecular formula is C11H13NO3. The first-order chi connectivity index (χ1) is 7.22. The fourth-order valence-corrected chi connectivity index (χ4v) is 1.88. The molecule has 0 aliphatic carbocycles. The zero-order valence-corrected chi connectivity index (χ0v) is 8.49. The van der Waals surface area contributed by atoms with Crippen LogP contribution in [-0.2, 0) is 11.2 Å². The molecule has 0 saturated carbocycles. The fourth-order valence-electron chi connectivity index (χ4n) is 1.88. The van der Waals surface area contributed by atoms with Crippen molar-refractivity contribution < 1.29 is 14.6 Å². The molecule has 15 heavy (non-hydrogen) atoms. The molecule has 1 aliphatic rings. The summed E-state index contributed by atoms with van der Waals surface area (Å²) in [5.74, 6) is 0.0207. The van der Waals surface area contributed by atoms with Gasteiger partial charge in [-0.1, -0.05) is 6.07 Å². The lowest BCUT2D eigenvalue weighted by atomic mass is 9.97. The number of fused-ring (bicyclic) bond motifs is 1. The molecule has 4 nitrogen and oxygen atoms in total. The van der Waals surface area contributed by atoms with E-state index in [1.807, 2.05) is 18.2 Å². The first-order valence-electron chi connectivity index (χ1n) is 4.87. The summed E-state index contributed by atoms with van der Waals surface area (Å²) in [6, 6.07) is 5.15. The SMILES string of the molecule is COc1cccc2c1CCC(C(=O)O)N2. The summed E-state index contributed by atoms with van der Waals surface area (Å²) in [5, 5.41) is 11.9. The lowest BCUT2D eigenvalue weighted by Crippen LogP contribution is -2.33. The summed E-state index contributed by atoms with van der Waals surface area (Å²) < 4.78 is 5.22. The van der Waals surface area contributed by atoms with Crippen molar-refractivity contribution >= 4 is 11.7 Å². The predicted molar refractivity (Wildman–Crippen MR) is 56.4 cm³/mol. The Hall–Kier alpha value is -1.71. The van der Waals surface area contributed by atoms with Gasteiger partial charge < -0.3 is 15.2 Å². The monoisotopic (exact) mass is 207 g/mol. The Morgan fingerprint density at radius 2 is 2.40 bits per heavy atom.